The van der Waals surface area contributed by atoms with Crippen LogP contribution in [-0.4, -0.2) is 36.8 Å². The van der Waals surface area contributed by atoms with Gasteiger partial charge in [-0.1, -0.05) is 24.5 Å². The first-order valence-electron chi connectivity index (χ1n) is 7.01. The fourth-order valence-corrected chi connectivity index (χ4v) is 3.31. The Morgan fingerprint density at radius 1 is 1.26 bits per heavy atom. The van der Waals surface area contributed by atoms with Gasteiger partial charge in [0.15, 0.2) is 0 Å². The van der Waals surface area contributed by atoms with E-state index in [0.29, 0.717) is 0 Å². The Morgan fingerprint density at radius 3 is 2.42 bits per heavy atom. The molecule has 106 valence electrons. The monoisotopic (exact) mass is 263 g/mol. The van der Waals surface area contributed by atoms with Crippen LogP contribution in [0, 0.1) is 6.92 Å². The van der Waals surface area contributed by atoms with E-state index in [9.17, 15) is 5.11 Å². The van der Waals surface area contributed by atoms with Gasteiger partial charge in [0.05, 0.1) is 12.6 Å². The molecule has 3 heteroatoms. The molecule has 3 nitrogen and oxygen atoms in total. The lowest BCUT2D eigenvalue weighted by Gasteiger charge is -2.41. The maximum Gasteiger partial charge on any atom is 0.124 e. The van der Waals surface area contributed by atoms with Gasteiger partial charge in [0.1, 0.15) is 11.9 Å². The van der Waals surface area contributed by atoms with Crippen molar-refractivity contribution in [2.75, 3.05) is 21.2 Å². The third-order valence-corrected chi connectivity index (χ3v) is 4.55. The van der Waals surface area contributed by atoms with Crippen LogP contribution in [0.3, 0.4) is 0 Å². The van der Waals surface area contributed by atoms with Crippen LogP contribution in [0.5, 0.6) is 5.75 Å². The maximum atomic E-state index is 11.0. The van der Waals surface area contributed by atoms with Crippen molar-refractivity contribution in [3.05, 3.63) is 29.3 Å². The van der Waals surface area contributed by atoms with Gasteiger partial charge in [-0.25, -0.2) is 0 Å². The average Bonchev–Trinajstić information content (AvgIpc) is 2.88. The number of ether oxygens (including phenoxy) is 1. The molecule has 1 saturated carbocycles. The highest BCUT2D eigenvalue weighted by Gasteiger charge is 2.44. The molecule has 0 aliphatic heterocycles. The van der Waals surface area contributed by atoms with Crippen LogP contribution in [0.1, 0.15) is 42.9 Å². The summed E-state index contributed by atoms with van der Waals surface area (Å²) >= 11 is 0. The second kappa shape index (κ2) is 5.51. The molecule has 0 spiro atoms. The Bertz CT molecular complexity index is 436. The number of aryl methyl sites for hydroxylation is 1. The Balaban J connectivity index is 2.42. The van der Waals surface area contributed by atoms with Gasteiger partial charge in [0.25, 0.3) is 0 Å². The zero-order valence-corrected chi connectivity index (χ0v) is 12.4. The number of aliphatic hydroxyl groups is 1. The first-order valence-corrected chi connectivity index (χ1v) is 7.01. The molecule has 1 unspecified atom stereocenters. The fraction of sp³-hybridized carbons (Fsp3) is 0.625. The predicted octanol–water partition coefficient (Wildman–Crippen LogP) is 2.91. The van der Waals surface area contributed by atoms with Crippen molar-refractivity contribution in [3.8, 4) is 5.75 Å². The van der Waals surface area contributed by atoms with Crippen LogP contribution in [0.4, 0.5) is 0 Å². The summed E-state index contributed by atoms with van der Waals surface area (Å²) in [5.41, 5.74) is 1.92. The standard InChI is InChI=1S/C16H25NO2/c1-12-7-8-14(19-4)13(11-12)15(18)16(17(2)3)9-5-6-10-16/h7-8,11,15,18H,5-6,9-10H2,1-4H3. The van der Waals surface area contributed by atoms with Gasteiger partial charge < -0.3 is 14.7 Å². The molecule has 0 aromatic heterocycles. The van der Waals surface area contributed by atoms with E-state index in [1.807, 2.05) is 25.1 Å². The number of rotatable bonds is 4. The molecule has 0 amide bonds. The molecular formula is C16H25NO2. The third-order valence-electron chi connectivity index (χ3n) is 4.55. The van der Waals surface area contributed by atoms with E-state index in [2.05, 4.69) is 19.0 Å². The summed E-state index contributed by atoms with van der Waals surface area (Å²) in [5.74, 6) is 0.784. The topological polar surface area (TPSA) is 32.7 Å². The Kier molecular flexibility index (Phi) is 4.16. The van der Waals surface area contributed by atoms with Crippen molar-refractivity contribution >= 4 is 0 Å². The predicted molar refractivity (Wildman–Crippen MR) is 77.6 cm³/mol. The summed E-state index contributed by atoms with van der Waals surface area (Å²) in [6.07, 6.45) is 3.95. The second-order valence-electron chi connectivity index (χ2n) is 5.85. The molecule has 0 saturated heterocycles. The number of hydrogen-bond donors (Lipinski definition) is 1. The fourth-order valence-electron chi connectivity index (χ4n) is 3.31. The summed E-state index contributed by atoms with van der Waals surface area (Å²) in [4.78, 5) is 2.19. The molecule has 0 radical (unpaired) electrons. The Morgan fingerprint density at radius 2 is 1.89 bits per heavy atom. The van der Waals surface area contributed by atoms with Gasteiger partial charge in [0.2, 0.25) is 0 Å². The van der Waals surface area contributed by atoms with Crippen molar-refractivity contribution in [1.82, 2.24) is 4.90 Å². The summed E-state index contributed by atoms with van der Waals surface area (Å²) in [7, 11) is 5.80. The maximum absolute atomic E-state index is 11.0. The molecule has 1 aromatic rings. The largest absolute Gasteiger partial charge is 0.496 e. The van der Waals surface area contributed by atoms with E-state index < -0.39 is 6.10 Å². The molecule has 1 aromatic carbocycles. The van der Waals surface area contributed by atoms with Crippen molar-refractivity contribution in [3.63, 3.8) is 0 Å². The highest BCUT2D eigenvalue weighted by atomic mass is 16.5. The van der Waals surface area contributed by atoms with Gasteiger partial charge in [-0.05, 0) is 46.0 Å². The Labute approximate surface area is 116 Å². The Hall–Kier alpha value is -1.06. The minimum absolute atomic E-state index is 0.152. The van der Waals surface area contributed by atoms with E-state index in [0.717, 1.165) is 29.7 Å². The van der Waals surface area contributed by atoms with Crippen molar-refractivity contribution in [1.29, 1.82) is 0 Å². The van der Waals surface area contributed by atoms with Gasteiger partial charge in [-0.15, -0.1) is 0 Å². The lowest BCUT2D eigenvalue weighted by atomic mass is 9.84. The average molecular weight is 263 g/mol. The number of aliphatic hydroxyl groups excluding tert-OH is 1. The minimum Gasteiger partial charge on any atom is -0.496 e. The lowest BCUT2D eigenvalue weighted by molar-refractivity contribution is -0.00600. The molecule has 1 fully saturated rings. The normalized spacial score (nSPS) is 19.7. The number of benzene rings is 1. The molecule has 19 heavy (non-hydrogen) atoms. The number of hydrogen-bond acceptors (Lipinski definition) is 3. The second-order valence-corrected chi connectivity index (χ2v) is 5.85. The highest BCUT2D eigenvalue weighted by molar-refractivity contribution is 5.40. The van der Waals surface area contributed by atoms with Crippen molar-refractivity contribution in [2.24, 2.45) is 0 Å². The zero-order chi connectivity index (χ0) is 14.0. The van der Waals surface area contributed by atoms with Crippen LogP contribution in [0.25, 0.3) is 0 Å². The first kappa shape index (κ1) is 14.4. The molecule has 0 heterocycles. The number of methoxy groups -OCH3 is 1. The molecule has 0 bridgehead atoms. The third kappa shape index (κ3) is 2.49. The number of likely N-dealkylation sites (N-methyl/N-ethyl adjacent to an activating group) is 1. The van der Waals surface area contributed by atoms with E-state index in [4.69, 9.17) is 4.74 Å². The van der Waals surface area contributed by atoms with Crippen molar-refractivity contribution < 1.29 is 9.84 Å². The molecule has 1 aliphatic rings. The summed E-state index contributed by atoms with van der Waals surface area (Å²) in [5, 5.41) is 11.0. The van der Waals surface area contributed by atoms with Crippen LogP contribution < -0.4 is 4.74 Å². The minimum atomic E-state index is -0.500. The molecular weight excluding hydrogens is 238 g/mol. The first-order chi connectivity index (χ1) is 9.01. The van der Waals surface area contributed by atoms with E-state index in [1.54, 1.807) is 7.11 Å². The van der Waals surface area contributed by atoms with Gasteiger partial charge in [0, 0.05) is 5.56 Å². The summed E-state index contributed by atoms with van der Waals surface area (Å²) < 4.78 is 5.43. The molecule has 1 aliphatic carbocycles. The van der Waals surface area contributed by atoms with E-state index in [1.165, 1.54) is 12.8 Å². The van der Waals surface area contributed by atoms with E-state index >= 15 is 0 Å². The lowest BCUT2D eigenvalue weighted by Crippen LogP contribution is -2.47. The SMILES string of the molecule is COc1ccc(C)cc1C(O)C1(N(C)C)CCCC1. The summed E-state index contributed by atoms with van der Waals surface area (Å²) in [6.45, 7) is 2.05. The van der Waals surface area contributed by atoms with Crippen LogP contribution in [0.15, 0.2) is 18.2 Å². The number of nitrogens with zero attached hydrogens (tertiary/aromatic N) is 1. The summed E-state index contributed by atoms with van der Waals surface area (Å²) in [6, 6.07) is 6.02. The molecule has 1 atom stereocenters. The van der Waals surface area contributed by atoms with Crippen LogP contribution in [0.2, 0.25) is 0 Å². The van der Waals surface area contributed by atoms with Gasteiger partial charge >= 0.3 is 0 Å². The zero-order valence-electron chi connectivity index (χ0n) is 12.4. The van der Waals surface area contributed by atoms with Gasteiger partial charge in [-0.3, -0.25) is 0 Å². The highest BCUT2D eigenvalue weighted by Crippen LogP contribution is 2.45. The smallest absolute Gasteiger partial charge is 0.124 e. The van der Waals surface area contributed by atoms with Crippen LogP contribution >= 0.6 is 0 Å². The van der Waals surface area contributed by atoms with Crippen molar-refractivity contribution in [2.45, 2.75) is 44.2 Å². The molecule has 2 rings (SSSR count). The quantitative estimate of drug-likeness (QED) is 0.906. The van der Waals surface area contributed by atoms with E-state index in [-0.39, 0.29) is 5.54 Å². The van der Waals surface area contributed by atoms with Crippen LogP contribution in [-0.2, 0) is 0 Å². The molecule has 1 N–H and O–H groups in total. The van der Waals surface area contributed by atoms with Gasteiger partial charge in [-0.2, -0.15) is 0 Å².